The van der Waals surface area contributed by atoms with Gasteiger partial charge in [-0.2, -0.15) is 0 Å². The molecule has 1 aliphatic heterocycles. The topological polar surface area (TPSA) is 55.4 Å². The van der Waals surface area contributed by atoms with Crippen LogP contribution in [0.25, 0.3) is 0 Å². The fourth-order valence-corrected chi connectivity index (χ4v) is 2.48. The molecule has 94 valence electrons. The lowest BCUT2D eigenvalue weighted by Gasteiger charge is -2.10. The maximum atomic E-state index is 11.3. The van der Waals surface area contributed by atoms with E-state index in [1.165, 1.54) is 6.26 Å². The number of sulfone groups is 1. The van der Waals surface area contributed by atoms with Crippen LogP contribution in [-0.4, -0.2) is 34.4 Å². The van der Waals surface area contributed by atoms with Crippen LogP contribution in [0.3, 0.4) is 0 Å². The summed E-state index contributed by atoms with van der Waals surface area (Å²) < 4.78 is 28.1. The van der Waals surface area contributed by atoms with Crippen molar-refractivity contribution < 1.29 is 13.2 Å². The molecule has 5 heteroatoms. The van der Waals surface area contributed by atoms with E-state index in [-0.39, 0.29) is 0 Å². The Bertz CT molecular complexity index is 461. The lowest BCUT2D eigenvalue weighted by molar-refractivity contribution is 0.260. The molecule has 1 aromatic rings. The minimum absolute atomic E-state index is 0.326. The van der Waals surface area contributed by atoms with Crippen LogP contribution in [0.1, 0.15) is 6.42 Å². The van der Waals surface area contributed by atoms with Crippen molar-refractivity contribution in [3.8, 4) is 5.75 Å². The second-order valence-electron chi connectivity index (χ2n) is 4.41. The third kappa shape index (κ3) is 3.44. The van der Waals surface area contributed by atoms with Gasteiger partial charge in [0.05, 0.1) is 11.5 Å². The van der Waals surface area contributed by atoms with Gasteiger partial charge in [-0.25, -0.2) is 8.42 Å². The monoisotopic (exact) mass is 255 g/mol. The molecule has 0 amide bonds. The van der Waals surface area contributed by atoms with E-state index < -0.39 is 9.84 Å². The molecule has 0 radical (unpaired) electrons. The molecule has 0 aliphatic carbocycles. The van der Waals surface area contributed by atoms with Gasteiger partial charge in [0.25, 0.3) is 0 Å². The van der Waals surface area contributed by atoms with Gasteiger partial charge in [-0.3, -0.25) is 0 Å². The molecule has 1 atom stereocenters. The van der Waals surface area contributed by atoms with Gasteiger partial charge < -0.3 is 10.1 Å². The Morgan fingerprint density at radius 3 is 2.59 bits per heavy atom. The van der Waals surface area contributed by atoms with E-state index >= 15 is 0 Å². The van der Waals surface area contributed by atoms with E-state index in [1.807, 2.05) is 0 Å². The first kappa shape index (κ1) is 12.4. The Hall–Kier alpha value is -1.07. The summed E-state index contributed by atoms with van der Waals surface area (Å²) >= 11 is 0. The Kier molecular flexibility index (Phi) is 3.69. The van der Waals surface area contributed by atoms with E-state index in [1.54, 1.807) is 24.3 Å². The first-order valence-electron chi connectivity index (χ1n) is 5.69. The predicted molar refractivity (Wildman–Crippen MR) is 66.0 cm³/mol. The van der Waals surface area contributed by atoms with Gasteiger partial charge >= 0.3 is 0 Å². The van der Waals surface area contributed by atoms with E-state index in [2.05, 4.69) is 5.32 Å². The van der Waals surface area contributed by atoms with Crippen LogP contribution < -0.4 is 10.1 Å². The molecule has 1 fully saturated rings. The molecule has 1 saturated heterocycles. The quantitative estimate of drug-likeness (QED) is 0.874. The Labute approximate surface area is 102 Å². The minimum atomic E-state index is -3.12. The maximum absolute atomic E-state index is 11.3. The fourth-order valence-electron chi connectivity index (χ4n) is 1.85. The summed E-state index contributed by atoms with van der Waals surface area (Å²) in [6.07, 6.45) is 2.34. The molecule has 1 heterocycles. The standard InChI is InChI=1S/C12H17NO3S/c1-17(14,15)12-4-2-11(3-5-12)16-9-10-6-7-13-8-10/h2-5,10,13H,6-9H2,1H3. The summed E-state index contributed by atoms with van der Waals surface area (Å²) in [6.45, 7) is 2.74. The maximum Gasteiger partial charge on any atom is 0.175 e. The smallest absolute Gasteiger partial charge is 0.175 e. The first-order chi connectivity index (χ1) is 8.05. The second-order valence-corrected chi connectivity index (χ2v) is 6.43. The summed E-state index contributed by atoms with van der Waals surface area (Å²) in [6, 6.07) is 6.58. The van der Waals surface area contributed by atoms with E-state index in [0.29, 0.717) is 17.4 Å². The number of ether oxygens (including phenoxy) is 1. The Balaban J connectivity index is 1.94. The normalized spacial score (nSPS) is 20.4. The number of rotatable bonds is 4. The van der Waals surface area contributed by atoms with Crippen molar-refractivity contribution in [2.75, 3.05) is 26.0 Å². The zero-order valence-electron chi connectivity index (χ0n) is 9.85. The molecule has 1 aromatic carbocycles. The largest absolute Gasteiger partial charge is 0.493 e. The van der Waals surface area contributed by atoms with Gasteiger partial charge in [0.2, 0.25) is 0 Å². The van der Waals surface area contributed by atoms with Crippen LogP contribution in [0, 0.1) is 5.92 Å². The second kappa shape index (κ2) is 5.06. The highest BCUT2D eigenvalue weighted by atomic mass is 32.2. The summed E-state index contributed by atoms with van der Waals surface area (Å²) in [5.41, 5.74) is 0. The molecule has 0 saturated carbocycles. The molecular formula is C12H17NO3S. The molecule has 2 rings (SSSR count). The van der Waals surface area contributed by atoms with Crippen LogP contribution >= 0.6 is 0 Å². The predicted octanol–water partition coefficient (Wildman–Crippen LogP) is 1.08. The molecule has 0 aromatic heterocycles. The average Bonchev–Trinajstić information content (AvgIpc) is 2.78. The van der Waals surface area contributed by atoms with Gasteiger partial charge in [-0.1, -0.05) is 0 Å². The lowest BCUT2D eigenvalue weighted by atomic mass is 10.1. The summed E-state index contributed by atoms with van der Waals surface area (Å²) in [4.78, 5) is 0.326. The van der Waals surface area contributed by atoms with E-state index in [4.69, 9.17) is 4.74 Å². The first-order valence-corrected chi connectivity index (χ1v) is 7.58. The highest BCUT2D eigenvalue weighted by molar-refractivity contribution is 7.90. The Morgan fingerprint density at radius 2 is 2.06 bits per heavy atom. The Morgan fingerprint density at radius 1 is 1.35 bits per heavy atom. The van der Waals surface area contributed by atoms with Gasteiger partial charge in [-0.15, -0.1) is 0 Å². The molecule has 0 spiro atoms. The molecule has 0 bridgehead atoms. The van der Waals surface area contributed by atoms with Crippen molar-refractivity contribution in [1.82, 2.24) is 5.32 Å². The van der Waals surface area contributed by atoms with Gasteiger partial charge in [0.15, 0.2) is 9.84 Å². The number of hydrogen-bond donors (Lipinski definition) is 1. The van der Waals surface area contributed by atoms with Crippen molar-refractivity contribution in [1.29, 1.82) is 0 Å². The summed E-state index contributed by atoms with van der Waals surface area (Å²) in [5, 5.41) is 3.28. The number of benzene rings is 1. The SMILES string of the molecule is CS(=O)(=O)c1ccc(OCC2CCNC2)cc1. The van der Waals surface area contributed by atoms with Gasteiger partial charge in [0, 0.05) is 18.7 Å². The van der Waals surface area contributed by atoms with Gasteiger partial charge in [-0.05, 0) is 37.2 Å². The molecule has 4 nitrogen and oxygen atoms in total. The van der Waals surface area contributed by atoms with Crippen molar-refractivity contribution in [2.45, 2.75) is 11.3 Å². The zero-order chi connectivity index (χ0) is 12.3. The summed E-state index contributed by atoms with van der Waals surface area (Å²) in [7, 11) is -3.12. The highest BCUT2D eigenvalue weighted by Gasteiger charge is 2.15. The molecule has 17 heavy (non-hydrogen) atoms. The third-order valence-electron chi connectivity index (χ3n) is 2.90. The van der Waals surface area contributed by atoms with Crippen molar-refractivity contribution in [3.63, 3.8) is 0 Å². The van der Waals surface area contributed by atoms with E-state index in [0.717, 1.165) is 25.3 Å². The van der Waals surface area contributed by atoms with Gasteiger partial charge in [0.1, 0.15) is 5.75 Å². The molecule has 1 aliphatic rings. The van der Waals surface area contributed by atoms with Crippen LogP contribution in [-0.2, 0) is 9.84 Å². The molecular weight excluding hydrogens is 238 g/mol. The van der Waals surface area contributed by atoms with Crippen LogP contribution in [0.2, 0.25) is 0 Å². The van der Waals surface area contributed by atoms with Crippen molar-refractivity contribution in [3.05, 3.63) is 24.3 Å². The number of hydrogen-bond acceptors (Lipinski definition) is 4. The van der Waals surface area contributed by atoms with Crippen LogP contribution in [0.15, 0.2) is 29.2 Å². The lowest BCUT2D eigenvalue weighted by Crippen LogP contribution is -2.15. The molecule has 1 unspecified atom stereocenters. The number of nitrogens with one attached hydrogen (secondary N) is 1. The average molecular weight is 255 g/mol. The summed E-state index contributed by atoms with van der Waals surface area (Å²) in [5.74, 6) is 1.29. The van der Waals surface area contributed by atoms with Crippen molar-refractivity contribution in [2.24, 2.45) is 5.92 Å². The zero-order valence-corrected chi connectivity index (χ0v) is 10.7. The van der Waals surface area contributed by atoms with E-state index in [9.17, 15) is 8.42 Å². The highest BCUT2D eigenvalue weighted by Crippen LogP contribution is 2.17. The van der Waals surface area contributed by atoms with Crippen molar-refractivity contribution >= 4 is 9.84 Å². The van der Waals surface area contributed by atoms with Crippen LogP contribution in [0.5, 0.6) is 5.75 Å². The molecule has 1 N–H and O–H groups in total. The minimum Gasteiger partial charge on any atom is -0.493 e. The third-order valence-corrected chi connectivity index (χ3v) is 4.03. The fraction of sp³-hybridized carbons (Fsp3) is 0.500. The van der Waals surface area contributed by atoms with Crippen LogP contribution in [0.4, 0.5) is 0 Å².